The van der Waals surface area contributed by atoms with Gasteiger partial charge in [0.2, 0.25) is 5.88 Å². The minimum absolute atomic E-state index is 0.506. The van der Waals surface area contributed by atoms with Crippen LogP contribution in [0.25, 0.3) is 22.1 Å². The quantitative estimate of drug-likeness (QED) is 0.474. The van der Waals surface area contributed by atoms with Gasteiger partial charge in [-0.05, 0) is 35.9 Å². The van der Waals surface area contributed by atoms with E-state index in [2.05, 4.69) is 15.6 Å². The van der Waals surface area contributed by atoms with Crippen molar-refractivity contribution in [1.82, 2.24) is 4.98 Å². The lowest BCUT2D eigenvalue weighted by Crippen LogP contribution is -2.12. The highest BCUT2D eigenvalue weighted by molar-refractivity contribution is 6.01. The number of furan rings is 1. The molecule has 0 aliphatic heterocycles. The first kappa shape index (κ1) is 18.4. The summed E-state index contributed by atoms with van der Waals surface area (Å²) in [7, 11) is 2.90. The monoisotopic (exact) mass is 389 g/mol. The van der Waals surface area contributed by atoms with E-state index in [0.29, 0.717) is 11.6 Å². The first-order valence-electron chi connectivity index (χ1n) is 8.90. The molecule has 7 nitrogen and oxygen atoms in total. The highest BCUT2D eigenvalue weighted by Gasteiger charge is 2.13. The van der Waals surface area contributed by atoms with Crippen LogP contribution in [-0.4, -0.2) is 25.3 Å². The molecular weight excluding hydrogens is 370 g/mol. The third kappa shape index (κ3) is 3.84. The van der Waals surface area contributed by atoms with E-state index in [1.165, 1.54) is 7.11 Å². The number of methoxy groups -OCH3 is 2. The summed E-state index contributed by atoms with van der Waals surface area (Å²) in [6.07, 6.45) is 2.75. The second-order valence-electron chi connectivity index (χ2n) is 6.23. The lowest BCUT2D eigenvalue weighted by atomic mass is 9.99. The lowest BCUT2D eigenvalue weighted by Gasteiger charge is -2.15. The van der Waals surface area contributed by atoms with E-state index in [0.717, 1.165) is 33.5 Å². The Morgan fingerprint density at radius 1 is 1.00 bits per heavy atom. The van der Waals surface area contributed by atoms with Crippen LogP contribution in [0.5, 0.6) is 5.88 Å². The van der Waals surface area contributed by atoms with Gasteiger partial charge in [0.05, 0.1) is 26.2 Å². The molecule has 0 saturated carbocycles. The summed E-state index contributed by atoms with van der Waals surface area (Å²) in [5.41, 5.74) is 4.77. The third-order valence-corrected chi connectivity index (χ3v) is 4.46. The number of carbonyl (C=O) groups is 1. The predicted molar refractivity (Wildman–Crippen MR) is 112 cm³/mol. The highest BCUT2D eigenvalue weighted by atomic mass is 16.5. The molecule has 0 fully saturated rings. The number of hydrogen-bond acceptors (Lipinski definition) is 6. The Morgan fingerprint density at radius 3 is 2.69 bits per heavy atom. The zero-order chi connectivity index (χ0) is 20.2. The van der Waals surface area contributed by atoms with Gasteiger partial charge in [-0.3, -0.25) is 5.32 Å². The number of nitrogens with zero attached hydrogens (tertiary/aromatic N) is 1. The van der Waals surface area contributed by atoms with E-state index >= 15 is 0 Å². The number of nitrogens with one attached hydrogen (secondary N) is 2. The molecule has 0 saturated heterocycles. The van der Waals surface area contributed by atoms with Crippen molar-refractivity contribution >= 4 is 34.1 Å². The molecule has 2 N–H and O–H groups in total. The summed E-state index contributed by atoms with van der Waals surface area (Å²) in [6, 6.07) is 17.0. The summed E-state index contributed by atoms with van der Waals surface area (Å²) in [5.74, 6) is 0.506. The fraction of sp³-hybridized carbons (Fsp3) is 0.0909. The van der Waals surface area contributed by atoms with Gasteiger partial charge in [-0.1, -0.05) is 18.2 Å². The van der Waals surface area contributed by atoms with E-state index < -0.39 is 6.09 Å². The van der Waals surface area contributed by atoms with Crippen LogP contribution in [0.1, 0.15) is 0 Å². The molecule has 0 atom stereocenters. The average molecular weight is 389 g/mol. The smallest absolute Gasteiger partial charge is 0.411 e. The number of aromatic nitrogens is 1. The molecule has 29 heavy (non-hydrogen) atoms. The van der Waals surface area contributed by atoms with Crippen LogP contribution in [0.2, 0.25) is 0 Å². The zero-order valence-electron chi connectivity index (χ0n) is 15.9. The van der Waals surface area contributed by atoms with Gasteiger partial charge >= 0.3 is 6.09 Å². The Kier molecular flexibility index (Phi) is 5.03. The van der Waals surface area contributed by atoms with Gasteiger partial charge in [-0.2, -0.15) is 0 Å². The molecule has 0 unspecified atom stereocenters. The number of benzene rings is 2. The number of hydrogen-bond donors (Lipinski definition) is 2. The molecule has 0 spiro atoms. The Labute approximate surface area is 167 Å². The van der Waals surface area contributed by atoms with Crippen molar-refractivity contribution in [2.75, 3.05) is 24.9 Å². The number of carbonyl (C=O) groups excluding carboxylic acids is 1. The van der Waals surface area contributed by atoms with E-state index in [9.17, 15) is 4.79 Å². The molecule has 0 aliphatic rings. The van der Waals surface area contributed by atoms with Gasteiger partial charge in [0.25, 0.3) is 0 Å². The molecule has 0 bridgehead atoms. The van der Waals surface area contributed by atoms with E-state index in [4.69, 9.17) is 13.9 Å². The summed E-state index contributed by atoms with van der Waals surface area (Å²) >= 11 is 0. The topological polar surface area (TPSA) is 85.6 Å². The summed E-state index contributed by atoms with van der Waals surface area (Å²) in [6.45, 7) is 0. The van der Waals surface area contributed by atoms with E-state index in [1.807, 2.05) is 48.5 Å². The molecule has 146 valence electrons. The minimum Gasteiger partial charge on any atom is -0.481 e. The standard InChI is InChI=1S/C22H19N3O4/c1-27-21-13-15(8-10-23-21)24-14-6-7-17(19(12-14)25-22(26)28-2)16-4-3-5-20-18(16)9-11-29-20/h3-13H,1-2H3,(H,23,24)(H,25,26). The Balaban J connectivity index is 1.75. The van der Waals surface area contributed by atoms with Crippen molar-refractivity contribution in [3.8, 4) is 17.0 Å². The van der Waals surface area contributed by atoms with Crippen LogP contribution in [-0.2, 0) is 4.74 Å². The van der Waals surface area contributed by atoms with Crippen LogP contribution in [0.15, 0.2) is 71.5 Å². The summed E-state index contributed by atoms with van der Waals surface area (Å²) < 4.78 is 15.5. The van der Waals surface area contributed by atoms with Crippen LogP contribution < -0.4 is 15.4 Å². The van der Waals surface area contributed by atoms with Crippen LogP contribution >= 0.6 is 0 Å². The van der Waals surface area contributed by atoms with E-state index in [1.54, 1.807) is 25.6 Å². The van der Waals surface area contributed by atoms with Crippen LogP contribution in [0.3, 0.4) is 0 Å². The normalized spacial score (nSPS) is 10.6. The number of pyridine rings is 1. The second-order valence-corrected chi connectivity index (χ2v) is 6.23. The van der Waals surface area contributed by atoms with Crippen LogP contribution in [0.4, 0.5) is 21.9 Å². The minimum atomic E-state index is -0.548. The maximum Gasteiger partial charge on any atom is 0.411 e. The molecule has 1 amide bonds. The van der Waals surface area contributed by atoms with Gasteiger partial charge in [-0.15, -0.1) is 0 Å². The maximum absolute atomic E-state index is 11.9. The molecule has 4 aromatic rings. The molecule has 0 radical (unpaired) electrons. The molecule has 2 aromatic carbocycles. The Hall–Kier alpha value is -4.00. The molecule has 2 heterocycles. The van der Waals surface area contributed by atoms with E-state index in [-0.39, 0.29) is 0 Å². The van der Waals surface area contributed by atoms with Gasteiger partial charge in [0, 0.05) is 34.6 Å². The number of amides is 1. The molecular formula is C22H19N3O4. The van der Waals surface area contributed by atoms with Crippen molar-refractivity contribution in [3.05, 3.63) is 67.1 Å². The lowest BCUT2D eigenvalue weighted by molar-refractivity contribution is 0.187. The Bertz CT molecular complexity index is 1170. The van der Waals surface area contributed by atoms with Gasteiger partial charge in [0.15, 0.2) is 0 Å². The summed E-state index contributed by atoms with van der Waals surface area (Å²) in [5, 5.41) is 7.04. The molecule has 0 aliphatic carbocycles. The second kappa shape index (κ2) is 7.93. The molecule has 4 rings (SSSR count). The highest BCUT2D eigenvalue weighted by Crippen LogP contribution is 2.36. The number of ether oxygens (including phenoxy) is 2. The maximum atomic E-state index is 11.9. The number of rotatable bonds is 5. The predicted octanol–water partition coefficient (Wildman–Crippen LogP) is 5.43. The Morgan fingerprint density at radius 2 is 1.86 bits per heavy atom. The first-order valence-corrected chi connectivity index (χ1v) is 8.90. The average Bonchev–Trinajstić information content (AvgIpc) is 3.23. The number of fused-ring (bicyclic) bond motifs is 1. The first-order chi connectivity index (χ1) is 14.2. The molecule has 7 heteroatoms. The van der Waals surface area contributed by atoms with Gasteiger partial charge < -0.3 is 19.2 Å². The fourth-order valence-corrected chi connectivity index (χ4v) is 3.12. The van der Waals surface area contributed by atoms with Crippen molar-refractivity contribution in [2.24, 2.45) is 0 Å². The zero-order valence-corrected chi connectivity index (χ0v) is 15.9. The molecule has 2 aromatic heterocycles. The van der Waals surface area contributed by atoms with Crippen molar-refractivity contribution in [2.45, 2.75) is 0 Å². The van der Waals surface area contributed by atoms with Gasteiger partial charge in [0.1, 0.15) is 5.58 Å². The van der Waals surface area contributed by atoms with Crippen molar-refractivity contribution in [1.29, 1.82) is 0 Å². The van der Waals surface area contributed by atoms with Crippen LogP contribution in [0, 0.1) is 0 Å². The van der Waals surface area contributed by atoms with Crippen molar-refractivity contribution < 1.29 is 18.7 Å². The fourth-order valence-electron chi connectivity index (χ4n) is 3.12. The van der Waals surface area contributed by atoms with Gasteiger partial charge in [-0.25, -0.2) is 9.78 Å². The summed E-state index contributed by atoms with van der Waals surface area (Å²) in [4.78, 5) is 16.0. The third-order valence-electron chi connectivity index (χ3n) is 4.46. The largest absolute Gasteiger partial charge is 0.481 e. The number of anilines is 3. The van der Waals surface area contributed by atoms with Crippen molar-refractivity contribution in [3.63, 3.8) is 0 Å². The SMILES string of the molecule is COC(=O)Nc1cc(Nc2ccnc(OC)c2)ccc1-c1cccc2occc12.